The Morgan fingerprint density at radius 2 is 1.88 bits per heavy atom. The van der Waals surface area contributed by atoms with Crippen molar-refractivity contribution in [3.05, 3.63) is 76.8 Å². The molecule has 0 saturated carbocycles. The van der Waals surface area contributed by atoms with Crippen LogP contribution in [0.5, 0.6) is 0 Å². The van der Waals surface area contributed by atoms with Gasteiger partial charge in [-0.1, -0.05) is 36.0 Å². The van der Waals surface area contributed by atoms with Crippen LogP contribution in [0.4, 0.5) is 11.4 Å². The van der Waals surface area contributed by atoms with Gasteiger partial charge in [-0.25, -0.2) is 9.97 Å². The highest BCUT2D eigenvalue weighted by atomic mass is 32.2. The van der Waals surface area contributed by atoms with E-state index in [0.29, 0.717) is 22.4 Å². The van der Waals surface area contributed by atoms with E-state index >= 15 is 0 Å². The number of fused-ring (bicyclic) bond motifs is 2. The van der Waals surface area contributed by atoms with Gasteiger partial charge >= 0.3 is 0 Å². The maximum Gasteiger partial charge on any atom is 0.271 e. The first-order chi connectivity index (χ1) is 15.6. The summed E-state index contributed by atoms with van der Waals surface area (Å²) in [5, 5.41) is 13.9. The lowest BCUT2D eigenvalue weighted by atomic mass is 10.2. The largest absolute Gasteiger partial charge is 0.436 e. The molecule has 0 aliphatic heterocycles. The van der Waals surface area contributed by atoms with Crippen molar-refractivity contribution in [1.82, 2.24) is 9.97 Å². The first-order valence-electron chi connectivity index (χ1n) is 9.49. The van der Waals surface area contributed by atoms with Crippen LogP contribution >= 0.6 is 23.1 Å². The predicted molar refractivity (Wildman–Crippen MR) is 125 cm³/mol. The molecular weight excluding hydrogens is 448 g/mol. The third-order valence-corrected chi connectivity index (χ3v) is 6.79. The van der Waals surface area contributed by atoms with Crippen molar-refractivity contribution in [3.63, 3.8) is 0 Å². The monoisotopic (exact) mass is 462 g/mol. The second-order valence-electron chi connectivity index (χ2n) is 6.76. The predicted octanol–water partition coefficient (Wildman–Crippen LogP) is 5.74. The molecule has 1 amide bonds. The summed E-state index contributed by atoms with van der Waals surface area (Å²) in [4.78, 5) is 32.0. The quantitative estimate of drug-likeness (QED) is 0.194. The van der Waals surface area contributed by atoms with Crippen LogP contribution in [-0.4, -0.2) is 26.6 Å². The van der Waals surface area contributed by atoms with Gasteiger partial charge in [0.15, 0.2) is 9.92 Å². The van der Waals surface area contributed by atoms with Crippen LogP contribution in [0.15, 0.2) is 75.5 Å². The SMILES string of the molecule is O=C(CSc1nc2ccccc2s1)Nc1ccccc1-c1nc2cc([N+](=O)[O-])ccc2o1. The molecule has 3 aromatic carbocycles. The van der Waals surface area contributed by atoms with E-state index < -0.39 is 4.92 Å². The maximum atomic E-state index is 12.6. The summed E-state index contributed by atoms with van der Waals surface area (Å²) in [6.07, 6.45) is 0. The van der Waals surface area contributed by atoms with Gasteiger partial charge in [0.25, 0.3) is 5.69 Å². The molecule has 32 heavy (non-hydrogen) atoms. The van der Waals surface area contributed by atoms with Crippen molar-refractivity contribution in [3.8, 4) is 11.5 Å². The van der Waals surface area contributed by atoms with Gasteiger partial charge in [-0.3, -0.25) is 14.9 Å². The van der Waals surface area contributed by atoms with E-state index in [0.717, 1.165) is 14.6 Å². The van der Waals surface area contributed by atoms with Gasteiger partial charge in [0.2, 0.25) is 11.8 Å². The standard InChI is InChI=1S/C22H14N4O4S2/c27-20(12-31-22-25-16-7-3-4-8-19(16)32-22)23-15-6-2-1-5-14(15)21-24-17-11-13(26(28)29)9-10-18(17)30-21/h1-11H,12H2,(H,23,27). The van der Waals surface area contributed by atoms with Gasteiger partial charge in [-0.2, -0.15) is 0 Å². The summed E-state index contributed by atoms with van der Waals surface area (Å²) in [5.41, 5.74) is 2.79. The van der Waals surface area contributed by atoms with Crippen LogP contribution in [0, 0.1) is 10.1 Å². The number of oxazole rings is 1. The number of carbonyl (C=O) groups excluding carboxylic acids is 1. The molecule has 2 aromatic heterocycles. The summed E-state index contributed by atoms with van der Waals surface area (Å²) in [7, 11) is 0. The second-order valence-corrected chi connectivity index (χ2v) is 9.01. The Labute approximate surface area is 189 Å². The van der Waals surface area contributed by atoms with E-state index in [4.69, 9.17) is 4.42 Å². The summed E-state index contributed by atoms with van der Waals surface area (Å²) in [6, 6.07) is 19.2. The minimum Gasteiger partial charge on any atom is -0.436 e. The number of nitrogens with one attached hydrogen (secondary N) is 1. The van der Waals surface area contributed by atoms with Gasteiger partial charge in [-0.15, -0.1) is 11.3 Å². The molecule has 2 heterocycles. The lowest BCUT2D eigenvalue weighted by Crippen LogP contribution is -2.14. The molecule has 0 aliphatic carbocycles. The van der Waals surface area contributed by atoms with Gasteiger partial charge in [0.05, 0.1) is 32.1 Å². The molecule has 158 valence electrons. The molecule has 0 atom stereocenters. The van der Waals surface area contributed by atoms with E-state index in [1.54, 1.807) is 35.6 Å². The lowest BCUT2D eigenvalue weighted by Gasteiger charge is -2.08. The number of hydrogen-bond acceptors (Lipinski definition) is 8. The Bertz CT molecular complexity index is 1440. The number of aromatic nitrogens is 2. The minimum absolute atomic E-state index is 0.0641. The average Bonchev–Trinajstić information content (AvgIpc) is 3.41. The molecule has 8 nitrogen and oxygen atoms in total. The number of hydrogen-bond donors (Lipinski definition) is 1. The Morgan fingerprint density at radius 1 is 1.06 bits per heavy atom. The fraction of sp³-hybridized carbons (Fsp3) is 0.0455. The fourth-order valence-electron chi connectivity index (χ4n) is 3.15. The number of thiazole rings is 1. The fourth-order valence-corrected chi connectivity index (χ4v) is 5.02. The number of anilines is 1. The summed E-state index contributed by atoms with van der Waals surface area (Å²) < 4.78 is 7.68. The van der Waals surface area contributed by atoms with Gasteiger partial charge in [0.1, 0.15) is 5.52 Å². The van der Waals surface area contributed by atoms with Crippen LogP contribution < -0.4 is 5.32 Å². The van der Waals surface area contributed by atoms with Crippen LogP contribution in [-0.2, 0) is 4.79 Å². The van der Waals surface area contributed by atoms with E-state index in [9.17, 15) is 14.9 Å². The number of nitro benzene ring substituents is 1. The highest BCUT2D eigenvalue weighted by Crippen LogP contribution is 2.32. The van der Waals surface area contributed by atoms with Crippen LogP contribution in [0.2, 0.25) is 0 Å². The van der Waals surface area contributed by atoms with E-state index in [1.165, 1.54) is 30.0 Å². The van der Waals surface area contributed by atoms with E-state index in [2.05, 4.69) is 15.3 Å². The van der Waals surface area contributed by atoms with Crippen LogP contribution in [0.25, 0.3) is 32.8 Å². The molecular formula is C22H14N4O4S2. The Hall–Kier alpha value is -3.76. The second kappa shape index (κ2) is 8.40. The van der Waals surface area contributed by atoms with Crippen LogP contribution in [0.3, 0.4) is 0 Å². The van der Waals surface area contributed by atoms with E-state index in [1.807, 2.05) is 24.3 Å². The molecule has 0 saturated heterocycles. The molecule has 0 unspecified atom stereocenters. The normalized spacial score (nSPS) is 11.1. The minimum atomic E-state index is -0.481. The number of benzene rings is 3. The number of para-hydroxylation sites is 2. The first-order valence-corrected chi connectivity index (χ1v) is 11.3. The number of thioether (sulfide) groups is 1. The number of nitrogens with zero attached hydrogens (tertiary/aromatic N) is 3. The molecule has 0 aliphatic rings. The average molecular weight is 463 g/mol. The molecule has 0 fully saturated rings. The van der Waals surface area contributed by atoms with Crippen molar-refractivity contribution >= 4 is 61.7 Å². The Kier molecular flexibility index (Phi) is 5.29. The number of nitro groups is 1. The molecule has 10 heteroatoms. The number of amides is 1. The Balaban J connectivity index is 1.34. The van der Waals surface area contributed by atoms with Crippen LogP contribution in [0.1, 0.15) is 0 Å². The third-order valence-electron chi connectivity index (χ3n) is 4.61. The van der Waals surface area contributed by atoms with Gasteiger partial charge in [-0.05, 0) is 30.3 Å². The summed E-state index contributed by atoms with van der Waals surface area (Å²) >= 11 is 2.93. The third kappa shape index (κ3) is 4.05. The van der Waals surface area contributed by atoms with Gasteiger partial charge < -0.3 is 9.73 Å². The van der Waals surface area contributed by atoms with E-state index in [-0.39, 0.29) is 23.2 Å². The summed E-state index contributed by atoms with van der Waals surface area (Å²) in [5.74, 6) is 0.289. The molecule has 0 bridgehead atoms. The maximum absolute atomic E-state index is 12.6. The van der Waals surface area contributed by atoms with Crippen molar-refractivity contribution in [1.29, 1.82) is 0 Å². The zero-order valence-electron chi connectivity index (χ0n) is 16.3. The zero-order valence-corrected chi connectivity index (χ0v) is 18.0. The first kappa shape index (κ1) is 20.2. The highest BCUT2D eigenvalue weighted by Gasteiger charge is 2.16. The molecule has 5 rings (SSSR count). The van der Waals surface area contributed by atoms with Crippen molar-refractivity contribution in [2.45, 2.75) is 4.34 Å². The molecule has 0 spiro atoms. The topological polar surface area (TPSA) is 111 Å². The summed E-state index contributed by atoms with van der Waals surface area (Å²) in [6.45, 7) is 0. The molecule has 1 N–H and O–H groups in total. The molecule has 0 radical (unpaired) electrons. The van der Waals surface area contributed by atoms with Crippen molar-refractivity contribution in [2.24, 2.45) is 0 Å². The smallest absolute Gasteiger partial charge is 0.271 e. The lowest BCUT2D eigenvalue weighted by molar-refractivity contribution is -0.384. The number of rotatable bonds is 6. The Morgan fingerprint density at radius 3 is 2.72 bits per heavy atom. The molecule has 5 aromatic rings. The highest BCUT2D eigenvalue weighted by molar-refractivity contribution is 8.01. The van der Waals surface area contributed by atoms with Crippen molar-refractivity contribution < 1.29 is 14.1 Å². The number of non-ortho nitro benzene ring substituents is 1. The number of carbonyl (C=O) groups is 1. The zero-order chi connectivity index (χ0) is 22.1. The van der Waals surface area contributed by atoms with Gasteiger partial charge in [0, 0.05) is 12.1 Å². The van der Waals surface area contributed by atoms with Crippen molar-refractivity contribution in [2.75, 3.05) is 11.1 Å².